The third kappa shape index (κ3) is 2.23. The van der Waals surface area contributed by atoms with Gasteiger partial charge in [-0.25, -0.2) is 4.39 Å². The average Bonchev–Trinajstić information content (AvgIpc) is 2.31. The van der Waals surface area contributed by atoms with E-state index in [0.717, 1.165) is 6.61 Å². The van der Waals surface area contributed by atoms with Crippen molar-refractivity contribution < 1.29 is 9.13 Å². The number of hydrogen-bond donors (Lipinski definition) is 1. The smallest absolute Gasteiger partial charge is 0.114 e. The van der Waals surface area contributed by atoms with Crippen LogP contribution in [0.25, 0.3) is 0 Å². The van der Waals surface area contributed by atoms with Gasteiger partial charge in [0.2, 0.25) is 0 Å². The van der Waals surface area contributed by atoms with Crippen molar-refractivity contribution in [3.8, 4) is 0 Å². The van der Waals surface area contributed by atoms with Gasteiger partial charge in [0.05, 0.1) is 6.61 Å². The molecule has 0 spiro atoms. The van der Waals surface area contributed by atoms with Crippen LogP contribution in [-0.4, -0.2) is 32.0 Å². The van der Waals surface area contributed by atoms with Gasteiger partial charge in [0.25, 0.3) is 0 Å². The summed E-state index contributed by atoms with van der Waals surface area (Å²) in [6.45, 7) is 3.81. The highest BCUT2D eigenvalue weighted by atomic mass is 19.1. The van der Waals surface area contributed by atoms with Gasteiger partial charge in [-0.05, 0) is 13.3 Å². The monoisotopic (exact) mass is 147 g/mol. The van der Waals surface area contributed by atoms with E-state index in [2.05, 4.69) is 5.32 Å². The van der Waals surface area contributed by atoms with Gasteiger partial charge in [0, 0.05) is 19.2 Å². The van der Waals surface area contributed by atoms with Gasteiger partial charge < -0.3 is 10.1 Å². The normalized spacial score (nSPS) is 33.0. The summed E-state index contributed by atoms with van der Waals surface area (Å²) in [5.74, 6) is 0. The van der Waals surface area contributed by atoms with Gasteiger partial charge in [-0.1, -0.05) is 0 Å². The summed E-state index contributed by atoms with van der Waals surface area (Å²) in [6.07, 6.45) is -0.0505. The highest BCUT2D eigenvalue weighted by Gasteiger charge is 2.22. The van der Waals surface area contributed by atoms with E-state index in [4.69, 9.17) is 4.74 Å². The van der Waals surface area contributed by atoms with Crippen molar-refractivity contribution in [2.45, 2.75) is 25.6 Å². The lowest BCUT2D eigenvalue weighted by molar-refractivity contribution is 0.126. The van der Waals surface area contributed by atoms with Gasteiger partial charge in [0.15, 0.2) is 0 Å². The molecule has 1 aliphatic heterocycles. The van der Waals surface area contributed by atoms with E-state index < -0.39 is 6.17 Å². The van der Waals surface area contributed by atoms with Crippen molar-refractivity contribution in [1.82, 2.24) is 5.32 Å². The number of hydrogen-bond acceptors (Lipinski definition) is 2. The fourth-order valence-electron chi connectivity index (χ4n) is 1.16. The maximum Gasteiger partial charge on any atom is 0.114 e. The van der Waals surface area contributed by atoms with Crippen LogP contribution < -0.4 is 5.32 Å². The molecule has 3 heteroatoms. The molecule has 1 saturated heterocycles. The van der Waals surface area contributed by atoms with Crippen LogP contribution in [0.3, 0.4) is 0 Å². The standard InChI is InChI=1S/C7H14FNO/c1-2-10-5-7-3-6(8)4-9-7/h6-7,9H,2-5H2,1H3. The van der Waals surface area contributed by atoms with E-state index in [0.29, 0.717) is 19.6 Å². The zero-order valence-electron chi connectivity index (χ0n) is 6.27. The van der Waals surface area contributed by atoms with Crippen molar-refractivity contribution in [2.24, 2.45) is 0 Å². The lowest BCUT2D eigenvalue weighted by Gasteiger charge is -2.07. The maximum atomic E-state index is 12.5. The second kappa shape index (κ2) is 3.88. The quantitative estimate of drug-likeness (QED) is 0.635. The molecule has 0 saturated carbocycles. The SMILES string of the molecule is CCOCC1CC(F)CN1. The lowest BCUT2D eigenvalue weighted by atomic mass is 10.2. The Labute approximate surface area is 60.8 Å². The van der Waals surface area contributed by atoms with E-state index in [-0.39, 0.29) is 6.04 Å². The summed E-state index contributed by atoms with van der Waals surface area (Å²) in [4.78, 5) is 0. The Hall–Kier alpha value is -0.150. The maximum absolute atomic E-state index is 12.5. The number of ether oxygens (including phenoxy) is 1. The van der Waals surface area contributed by atoms with E-state index in [9.17, 15) is 4.39 Å². The third-order valence-corrected chi connectivity index (χ3v) is 1.69. The molecular formula is C7H14FNO. The molecule has 0 amide bonds. The highest BCUT2D eigenvalue weighted by Crippen LogP contribution is 2.09. The molecule has 1 fully saturated rings. The number of halogens is 1. The van der Waals surface area contributed by atoms with E-state index in [1.807, 2.05) is 6.92 Å². The zero-order chi connectivity index (χ0) is 7.40. The Morgan fingerprint density at radius 3 is 3.00 bits per heavy atom. The fraction of sp³-hybridized carbons (Fsp3) is 1.00. The second-order valence-corrected chi connectivity index (χ2v) is 2.60. The Bertz CT molecular complexity index is 99.6. The molecule has 1 heterocycles. The summed E-state index contributed by atoms with van der Waals surface area (Å²) in [5.41, 5.74) is 0. The van der Waals surface area contributed by atoms with Gasteiger partial charge in [-0.2, -0.15) is 0 Å². The third-order valence-electron chi connectivity index (χ3n) is 1.69. The van der Waals surface area contributed by atoms with Crippen molar-refractivity contribution >= 4 is 0 Å². The first kappa shape index (κ1) is 7.95. The molecule has 0 radical (unpaired) electrons. The Balaban J connectivity index is 2.06. The average molecular weight is 147 g/mol. The number of alkyl halides is 1. The van der Waals surface area contributed by atoms with Gasteiger partial charge >= 0.3 is 0 Å². The Kier molecular flexibility index (Phi) is 3.09. The molecule has 1 aliphatic rings. The molecule has 0 aromatic rings. The molecule has 60 valence electrons. The number of nitrogens with one attached hydrogen (secondary N) is 1. The first-order valence-electron chi connectivity index (χ1n) is 3.78. The molecule has 10 heavy (non-hydrogen) atoms. The summed E-state index contributed by atoms with van der Waals surface area (Å²) in [5, 5.41) is 3.04. The molecule has 2 nitrogen and oxygen atoms in total. The van der Waals surface area contributed by atoms with E-state index in [1.54, 1.807) is 0 Å². The minimum absolute atomic E-state index is 0.245. The Morgan fingerprint density at radius 2 is 2.50 bits per heavy atom. The highest BCUT2D eigenvalue weighted by molar-refractivity contribution is 4.80. The molecule has 1 rings (SSSR count). The molecular weight excluding hydrogens is 133 g/mol. The van der Waals surface area contributed by atoms with Crippen molar-refractivity contribution in [3.63, 3.8) is 0 Å². The molecule has 0 aromatic heterocycles. The first-order chi connectivity index (χ1) is 4.83. The number of rotatable bonds is 3. The lowest BCUT2D eigenvalue weighted by Crippen LogP contribution is -2.26. The summed E-state index contributed by atoms with van der Waals surface area (Å²) >= 11 is 0. The summed E-state index contributed by atoms with van der Waals surface area (Å²) < 4.78 is 17.6. The van der Waals surface area contributed by atoms with Crippen molar-refractivity contribution in [1.29, 1.82) is 0 Å². The van der Waals surface area contributed by atoms with Crippen molar-refractivity contribution in [2.75, 3.05) is 19.8 Å². The zero-order valence-corrected chi connectivity index (χ0v) is 6.27. The predicted octanol–water partition coefficient (Wildman–Crippen LogP) is 0.723. The molecule has 0 aromatic carbocycles. The van der Waals surface area contributed by atoms with Gasteiger partial charge in [-0.3, -0.25) is 0 Å². The largest absolute Gasteiger partial charge is 0.380 e. The molecule has 2 atom stereocenters. The van der Waals surface area contributed by atoms with Crippen LogP contribution >= 0.6 is 0 Å². The van der Waals surface area contributed by atoms with Crippen molar-refractivity contribution in [3.05, 3.63) is 0 Å². The van der Waals surface area contributed by atoms with Gasteiger partial charge in [-0.15, -0.1) is 0 Å². The van der Waals surface area contributed by atoms with E-state index >= 15 is 0 Å². The van der Waals surface area contributed by atoms with Crippen LogP contribution in [0.2, 0.25) is 0 Å². The second-order valence-electron chi connectivity index (χ2n) is 2.60. The summed E-state index contributed by atoms with van der Waals surface area (Å²) in [7, 11) is 0. The molecule has 1 N–H and O–H groups in total. The Morgan fingerprint density at radius 1 is 1.70 bits per heavy atom. The van der Waals surface area contributed by atoms with E-state index in [1.165, 1.54) is 0 Å². The van der Waals surface area contributed by atoms with Crippen LogP contribution in [-0.2, 0) is 4.74 Å². The minimum Gasteiger partial charge on any atom is -0.380 e. The minimum atomic E-state index is -0.662. The first-order valence-corrected chi connectivity index (χ1v) is 3.78. The molecule has 2 unspecified atom stereocenters. The molecule has 0 aliphatic carbocycles. The van der Waals surface area contributed by atoms with Crippen LogP contribution in [0.15, 0.2) is 0 Å². The van der Waals surface area contributed by atoms with Crippen LogP contribution in [0, 0.1) is 0 Å². The fourth-order valence-corrected chi connectivity index (χ4v) is 1.16. The molecule has 0 bridgehead atoms. The van der Waals surface area contributed by atoms with Gasteiger partial charge in [0.1, 0.15) is 6.17 Å². The summed E-state index contributed by atoms with van der Waals surface area (Å²) in [6, 6.07) is 0.245. The topological polar surface area (TPSA) is 21.3 Å². The van der Waals surface area contributed by atoms with Crippen LogP contribution in [0.4, 0.5) is 4.39 Å². The predicted molar refractivity (Wildman–Crippen MR) is 37.8 cm³/mol. The van der Waals surface area contributed by atoms with Crippen LogP contribution in [0.1, 0.15) is 13.3 Å². The van der Waals surface area contributed by atoms with Crippen LogP contribution in [0.5, 0.6) is 0 Å².